The molecule has 2 rings (SSSR count). The van der Waals surface area contributed by atoms with Gasteiger partial charge in [-0.05, 0) is 51.3 Å². The van der Waals surface area contributed by atoms with Gasteiger partial charge in [0.1, 0.15) is 0 Å². The van der Waals surface area contributed by atoms with Crippen molar-refractivity contribution < 1.29 is 4.79 Å². The molecule has 20 heavy (non-hydrogen) atoms. The summed E-state index contributed by atoms with van der Waals surface area (Å²) in [6, 6.07) is 4.06. The first-order chi connectivity index (χ1) is 9.65. The maximum Gasteiger partial charge on any atom is 0.319 e. The molecular formula is C15H24N4O. The second-order valence-electron chi connectivity index (χ2n) is 5.67. The van der Waals surface area contributed by atoms with Crippen molar-refractivity contribution in [3.8, 4) is 0 Å². The van der Waals surface area contributed by atoms with Crippen molar-refractivity contribution in [2.24, 2.45) is 5.92 Å². The highest BCUT2D eigenvalue weighted by Gasteiger charge is 2.21. The van der Waals surface area contributed by atoms with Crippen LogP contribution in [-0.2, 0) is 0 Å². The van der Waals surface area contributed by atoms with E-state index in [2.05, 4.69) is 34.4 Å². The van der Waals surface area contributed by atoms with Crippen LogP contribution in [0.2, 0.25) is 0 Å². The SMILES string of the molecule is CC(C)N1CCCC(CNC(=O)Nc2cccnc2)C1. The van der Waals surface area contributed by atoms with E-state index in [0.29, 0.717) is 12.0 Å². The normalized spacial score (nSPS) is 19.9. The van der Waals surface area contributed by atoms with Gasteiger partial charge in [0.25, 0.3) is 0 Å². The Hall–Kier alpha value is -1.62. The second kappa shape index (κ2) is 7.24. The van der Waals surface area contributed by atoms with Gasteiger partial charge in [0.15, 0.2) is 0 Å². The lowest BCUT2D eigenvalue weighted by Crippen LogP contribution is -2.44. The van der Waals surface area contributed by atoms with Crippen molar-refractivity contribution in [2.45, 2.75) is 32.7 Å². The number of anilines is 1. The fourth-order valence-corrected chi connectivity index (χ4v) is 2.58. The largest absolute Gasteiger partial charge is 0.338 e. The number of carbonyl (C=O) groups excluding carboxylic acids is 1. The predicted octanol–water partition coefficient (Wildman–Crippen LogP) is 2.32. The number of carbonyl (C=O) groups is 1. The lowest BCUT2D eigenvalue weighted by Gasteiger charge is -2.35. The van der Waals surface area contributed by atoms with Gasteiger partial charge in [0.2, 0.25) is 0 Å². The fraction of sp³-hybridized carbons (Fsp3) is 0.600. The van der Waals surface area contributed by atoms with Gasteiger partial charge < -0.3 is 15.5 Å². The highest BCUT2D eigenvalue weighted by molar-refractivity contribution is 5.88. The lowest BCUT2D eigenvalue weighted by molar-refractivity contribution is 0.139. The fourth-order valence-electron chi connectivity index (χ4n) is 2.58. The molecule has 2 N–H and O–H groups in total. The zero-order valence-electron chi connectivity index (χ0n) is 12.3. The monoisotopic (exact) mass is 276 g/mol. The molecule has 5 heteroatoms. The molecule has 1 aliphatic heterocycles. The second-order valence-corrected chi connectivity index (χ2v) is 5.67. The van der Waals surface area contributed by atoms with Crippen LogP contribution in [0.4, 0.5) is 10.5 Å². The molecule has 0 radical (unpaired) electrons. The van der Waals surface area contributed by atoms with Gasteiger partial charge in [-0.25, -0.2) is 4.79 Å². The summed E-state index contributed by atoms with van der Waals surface area (Å²) in [4.78, 5) is 18.3. The van der Waals surface area contributed by atoms with Gasteiger partial charge in [-0.15, -0.1) is 0 Å². The first-order valence-electron chi connectivity index (χ1n) is 7.34. The van der Waals surface area contributed by atoms with Crippen LogP contribution >= 0.6 is 0 Å². The molecule has 0 aromatic carbocycles. The number of nitrogens with zero attached hydrogens (tertiary/aromatic N) is 2. The molecule has 0 aliphatic carbocycles. The Labute approximate surface area is 120 Å². The molecule has 2 heterocycles. The van der Waals surface area contributed by atoms with E-state index in [9.17, 15) is 4.79 Å². The van der Waals surface area contributed by atoms with Gasteiger partial charge in [-0.1, -0.05) is 0 Å². The average molecular weight is 276 g/mol. The molecule has 0 spiro atoms. The Kier molecular flexibility index (Phi) is 5.35. The minimum Gasteiger partial charge on any atom is -0.338 e. The number of hydrogen-bond acceptors (Lipinski definition) is 3. The summed E-state index contributed by atoms with van der Waals surface area (Å²) < 4.78 is 0. The third-order valence-corrected chi connectivity index (χ3v) is 3.75. The molecule has 1 aliphatic rings. The van der Waals surface area contributed by atoms with Crippen LogP contribution in [0.3, 0.4) is 0 Å². The first kappa shape index (κ1) is 14.8. The topological polar surface area (TPSA) is 57.3 Å². The standard InChI is InChI=1S/C15H24N4O/c1-12(2)19-8-4-5-13(11-19)9-17-15(20)18-14-6-3-7-16-10-14/h3,6-7,10,12-13H,4-5,8-9,11H2,1-2H3,(H2,17,18,20). The van der Waals surface area contributed by atoms with Gasteiger partial charge in [0.05, 0.1) is 11.9 Å². The summed E-state index contributed by atoms with van der Waals surface area (Å²) in [5.41, 5.74) is 0.720. The van der Waals surface area contributed by atoms with Crippen molar-refractivity contribution in [1.82, 2.24) is 15.2 Å². The third kappa shape index (κ3) is 4.49. The van der Waals surface area contributed by atoms with E-state index < -0.39 is 0 Å². The summed E-state index contributed by atoms with van der Waals surface area (Å²) in [5, 5.41) is 5.75. The molecular weight excluding hydrogens is 252 g/mol. The number of amides is 2. The van der Waals surface area contributed by atoms with Crippen LogP contribution in [0.15, 0.2) is 24.5 Å². The van der Waals surface area contributed by atoms with Gasteiger partial charge in [-0.3, -0.25) is 4.98 Å². The highest BCUT2D eigenvalue weighted by atomic mass is 16.2. The van der Waals surface area contributed by atoms with Crippen LogP contribution in [0.1, 0.15) is 26.7 Å². The summed E-state index contributed by atoms with van der Waals surface area (Å²) in [7, 11) is 0. The number of aromatic nitrogens is 1. The summed E-state index contributed by atoms with van der Waals surface area (Å²) in [6.07, 6.45) is 5.73. The van der Waals surface area contributed by atoms with E-state index in [4.69, 9.17) is 0 Å². The number of urea groups is 1. The van der Waals surface area contributed by atoms with E-state index in [1.165, 1.54) is 19.4 Å². The zero-order valence-corrected chi connectivity index (χ0v) is 12.3. The average Bonchev–Trinajstić information content (AvgIpc) is 2.46. The van der Waals surface area contributed by atoms with Crippen LogP contribution in [0.5, 0.6) is 0 Å². The highest BCUT2D eigenvalue weighted by Crippen LogP contribution is 2.17. The lowest BCUT2D eigenvalue weighted by atomic mass is 9.97. The van der Waals surface area contributed by atoms with Gasteiger partial charge in [-0.2, -0.15) is 0 Å². The molecule has 1 aromatic heterocycles. The molecule has 5 nitrogen and oxygen atoms in total. The molecule has 2 amide bonds. The maximum absolute atomic E-state index is 11.8. The van der Waals surface area contributed by atoms with Crippen molar-refractivity contribution in [2.75, 3.05) is 25.0 Å². The Balaban J connectivity index is 1.73. The van der Waals surface area contributed by atoms with E-state index in [-0.39, 0.29) is 6.03 Å². The Morgan fingerprint density at radius 2 is 2.40 bits per heavy atom. The first-order valence-corrected chi connectivity index (χ1v) is 7.34. The van der Waals surface area contributed by atoms with Crippen LogP contribution in [0, 0.1) is 5.92 Å². The molecule has 1 unspecified atom stereocenters. The molecule has 1 atom stereocenters. The predicted molar refractivity (Wildman–Crippen MR) is 80.7 cm³/mol. The zero-order chi connectivity index (χ0) is 14.4. The molecule has 0 saturated carbocycles. The number of hydrogen-bond donors (Lipinski definition) is 2. The number of nitrogens with one attached hydrogen (secondary N) is 2. The Bertz CT molecular complexity index is 421. The van der Waals surface area contributed by atoms with Gasteiger partial charge >= 0.3 is 6.03 Å². The van der Waals surface area contributed by atoms with E-state index in [1.54, 1.807) is 18.5 Å². The van der Waals surface area contributed by atoms with E-state index in [1.807, 2.05) is 6.07 Å². The Morgan fingerprint density at radius 1 is 1.55 bits per heavy atom. The molecule has 0 bridgehead atoms. The molecule has 1 aromatic rings. The number of piperidine rings is 1. The van der Waals surface area contributed by atoms with E-state index in [0.717, 1.165) is 18.8 Å². The van der Waals surface area contributed by atoms with Crippen molar-refractivity contribution in [3.63, 3.8) is 0 Å². The van der Waals surface area contributed by atoms with Crippen molar-refractivity contribution in [3.05, 3.63) is 24.5 Å². The number of pyridine rings is 1. The summed E-state index contributed by atoms with van der Waals surface area (Å²) in [6.45, 7) is 7.44. The maximum atomic E-state index is 11.8. The minimum absolute atomic E-state index is 0.153. The smallest absolute Gasteiger partial charge is 0.319 e. The summed E-state index contributed by atoms with van der Waals surface area (Å²) in [5.74, 6) is 0.547. The third-order valence-electron chi connectivity index (χ3n) is 3.75. The van der Waals surface area contributed by atoms with Crippen LogP contribution < -0.4 is 10.6 Å². The van der Waals surface area contributed by atoms with E-state index >= 15 is 0 Å². The quantitative estimate of drug-likeness (QED) is 0.887. The van der Waals surface area contributed by atoms with Crippen LogP contribution in [0.25, 0.3) is 0 Å². The van der Waals surface area contributed by atoms with Crippen LogP contribution in [-0.4, -0.2) is 41.6 Å². The minimum atomic E-state index is -0.153. The molecule has 1 saturated heterocycles. The number of likely N-dealkylation sites (tertiary alicyclic amines) is 1. The van der Waals surface area contributed by atoms with Crippen molar-refractivity contribution >= 4 is 11.7 Å². The Morgan fingerprint density at radius 3 is 3.10 bits per heavy atom. The summed E-state index contributed by atoms with van der Waals surface area (Å²) >= 11 is 0. The molecule has 110 valence electrons. The van der Waals surface area contributed by atoms with Crippen molar-refractivity contribution in [1.29, 1.82) is 0 Å². The van der Waals surface area contributed by atoms with Gasteiger partial charge in [0, 0.05) is 25.3 Å². The molecule has 1 fully saturated rings. The number of rotatable bonds is 4.